The molecule has 0 saturated carbocycles. The largest absolute Gasteiger partial charge is 0.365 e. The number of benzene rings is 1. The summed E-state index contributed by atoms with van der Waals surface area (Å²) in [6.45, 7) is 5.12. The maximum absolute atomic E-state index is 5.36. The highest BCUT2D eigenvalue weighted by atomic mass is 16.6. The lowest BCUT2D eigenvalue weighted by molar-refractivity contribution is 0.359. The van der Waals surface area contributed by atoms with Crippen molar-refractivity contribution in [2.24, 2.45) is 0 Å². The van der Waals surface area contributed by atoms with Crippen molar-refractivity contribution in [3.8, 4) is 0 Å². The molecule has 0 N–H and O–H groups in total. The number of ether oxygens (including phenoxy) is 1. The molecule has 1 aromatic rings. The van der Waals surface area contributed by atoms with Gasteiger partial charge in [0.25, 0.3) is 0 Å². The second kappa shape index (κ2) is 3.00. The predicted molar refractivity (Wildman–Crippen MR) is 54.5 cm³/mol. The monoisotopic (exact) mass is 174 g/mol. The van der Waals surface area contributed by atoms with Gasteiger partial charge < -0.3 is 4.74 Å². The van der Waals surface area contributed by atoms with Gasteiger partial charge in [-0.1, -0.05) is 36.4 Å². The lowest BCUT2D eigenvalue weighted by Gasteiger charge is -2.04. The van der Waals surface area contributed by atoms with Gasteiger partial charge >= 0.3 is 0 Å². The minimum atomic E-state index is 0.0237. The predicted octanol–water partition coefficient (Wildman–Crippen LogP) is 2.88. The number of rotatable bonds is 2. The number of hydrogen-bond donors (Lipinski definition) is 0. The van der Waals surface area contributed by atoms with E-state index in [0.717, 1.165) is 6.61 Å². The summed E-state index contributed by atoms with van der Waals surface area (Å²) in [6.07, 6.45) is 2.19. The van der Waals surface area contributed by atoms with Crippen molar-refractivity contribution in [3.05, 3.63) is 41.5 Å². The highest BCUT2D eigenvalue weighted by Gasteiger charge is 2.40. The van der Waals surface area contributed by atoms with Crippen LogP contribution in [-0.2, 0) is 4.74 Å². The smallest absolute Gasteiger partial charge is 0.110 e. The molecule has 0 bridgehead atoms. The zero-order valence-electron chi connectivity index (χ0n) is 8.08. The molecule has 1 aliphatic rings. The van der Waals surface area contributed by atoms with Crippen LogP contribution in [0.15, 0.2) is 35.9 Å². The Morgan fingerprint density at radius 1 is 1.38 bits per heavy atom. The Hall–Kier alpha value is -1.08. The summed E-state index contributed by atoms with van der Waals surface area (Å²) in [5, 5.41) is 0. The van der Waals surface area contributed by atoms with Crippen molar-refractivity contribution in [1.29, 1.82) is 0 Å². The zero-order chi connectivity index (χ0) is 9.31. The molecule has 1 saturated heterocycles. The highest BCUT2D eigenvalue weighted by molar-refractivity contribution is 5.55. The summed E-state index contributed by atoms with van der Waals surface area (Å²) in [7, 11) is 0. The SMILES string of the molecule is C/C(=C\c1ccccc1)C1(C)CO1. The van der Waals surface area contributed by atoms with Gasteiger partial charge in [-0.15, -0.1) is 0 Å². The van der Waals surface area contributed by atoms with Gasteiger partial charge in [0.05, 0.1) is 6.61 Å². The molecule has 1 aromatic carbocycles. The minimum Gasteiger partial charge on any atom is -0.365 e. The van der Waals surface area contributed by atoms with Crippen molar-refractivity contribution >= 4 is 6.08 Å². The van der Waals surface area contributed by atoms with Gasteiger partial charge in [0.2, 0.25) is 0 Å². The van der Waals surface area contributed by atoms with E-state index in [0.29, 0.717) is 0 Å². The lowest BCUT2D eigenvalue weighted by atomic mass is 10.0. The molecular formula is C12H14O. The summed E-state index contributed by atoms with van der Waals surface area (Å²) in [4.78, 5) is 0. The quantitative estimate of drug-likeness (QED) is 0.628. The Kier molecular flexibility index (Phi) is 1.97. The van der Waals surface area contributed by atoms with Crippen molar-refractivity contribution in [1.82, 2.24) is 0 Å². The van der Waals surface area contributed by atoms with Crippen molar-refractivity contribution < 1.29 is 4.74 Å². The normalized spacial score (nSPS) is 27.4. The molecule has 0 radical (unpaired) electrons. The van der Waals surface area contributed by atoms with Crippen LogP contribution in [0.4, 0.5) is 0 Å². The standard InChI is InChI=1S/C12H14O/c1-10(12(2)9-13-12)8-11-6-4-3-5-7-11/h3-8H,9H2,1-2H3/b10-8+. The molecule has 1 atom stereocenters. The third-order valence-corrected chi connectivity index (χ3v) is 2.59. The van der Waals surface area contributed by atoms with E-state index in [1.165, 1.54) is 11.1 Å². The van der Waals surface area contributed by atoms with Crippen LogP contribution >= 0.6 is 0 Å². The van der Waals surface area contributed by atoms with Crippen LogP contribution in [-0.4, -0.2) is 12.2 Å². The van der Waals surface area contributed by atoms with E-state index in [9.17, 15) is 0 Å². The number of epoxide rings is 1. The van der Waals surface area contributed by atoms with Crippen molar-refractivity contribution in [2.45, 2.75) is 19.4 Å². The van der Waals surface area contributed by atoms with Gasteiger partial charge in [0, 0.05) is 0 Å². The van der Waals surface area contributed by atoms with Gasteiger partial charge in [0.15, 0.2) is 0 Å². The molecule has 68 valence electrons. The average molecular weight is 174 g/mol. The molecule has 1 heterocycles. The van der Waals surface area contributed by atoms with E-state index < -0.39 is 0 Å². The van der Waals surface area contributed by atoms with E-state index >= 15 is 0 Å². The van der Waals surface area contributed by atoms with Crippen LogP contribution < -0.4 is 0 Å². The molecule has 1 heteroatoms. The van der Waals surface area contributed by atoms with Crippen LogP contribution in [0.2, 0.25) is 0 Å². The topological polar surface area (TPSA) is 12.5 Å². The second-order valence-electron chi connectivity index (χ2n) is 3.76. The van der Waals surface area contributed by atoms with Crippen LogP contribution in [0.25, 0.3) is 6.08 Å². The van der Waals surface area contributed by atoms with Crippen molar-refractivity contribution in [3.63, 3.8) is 0 Å². The molecule has 13 heavy (non-hydrogen) atoms. The summed E-state index contributed by atoms with van der Waals surface area (Å²) in [5.41, 5.74) is 2.57. The fourth-order valence-electron chi connectivity index (χ4n) is 1.29. The van der Waals surface area contributed by atoms with Gasteiger partial charge in [-0.2, -0.15) is 0 Å². The summed E-state index contributed by atoms with van der Waals surface area (Å²) < 4.78 is 5.36. The Morgan fingerprint density at radius 3 is 2.54 bits per heavy atom. The first kappa shape index (κ1) is 8.52. The van der Waals surface area contributed by atoms with Gasteiger partial charge in [-0.3, -0.25) is 0 Å². The number of hydrogen-bond acceptors (Lipinski definition) is 1. The van der Waals surface area contributed by atoms with Crippen molar-refractivity contribution in [2.75, 3.05) is 6.61 Å². The molecule has 0 spiro atoms. The summed E-state index contributed by atoms with van der Waals surface area (Å²) in [5.74, 6) is 0. The van der Waals surface area contributed by atoms with Crippen LogP contribution in [0.5, 0.6) is 0 Å². The van der Waals surface area contributed by atoms with E-state index in [4.69, 9.17) is 4.74 Å². The fourth-order valence-corrected chi connectivity index (χ4v) is 1.29. The first-order chi connectivity index (χ1) is 6.21. The second-order valence-corrected chi connectivity index (χ2v) is 3.76. The first-order valence-electron chi connectivity index (χ1n) is 4.58. The Bertz CT molecular complexity index is 320. The van der Waals surface area contributed by atoms with Crippen LogP contribution in [0, 0.1) is 0 Å². The fraction of sp³-hybridized carbons (Fsp3) is 0.333. The third kappa shape index (κ3) is 1.81. The highest BCUT2D eigenvalue weighted by Crippen LogP contribution is 2.34. The zero-order valence-corrected chi connectivity index (χ0v) is 8.08. The minimum absolute atomic E-state index is 0.0237. The van der Waals surface area contributed by atoms with Crippen LogP contribution in [0.1, 0.15) is 19.4 Å². The van der Waals surface area contributed by atoms with E-state index in [-0.39, 0.29) is 5.60 Å². The molecule has 1 aliphatic heterocycles. The Labute approximate surface area is 79.0 Å². The molecule has 0 aromatic heterocycles. The van der Waals surface area contributed by atoms with Gasteiger partial charge in [-0.05, 0) is 25.0 Å². The maximum Gasteiger partial charge on any atom is 0.110 e. The van der Waals surface area contributed by atoms with E-state index in [2.05, 4.69) is 44.2 Å². The molecule has 2 rings (SSSR count). The molecule has 0 aliphatic carbocycles. The molecular weight excluding hydrogens is 160 g/mol. The molecule has 0 amide bonds. The van der Waals surface area contributed by atoms with E-state index in [1.54, 1.807) is 0 Å². The first-order valence-corrected chi connectivity index (χ1v) is 4.58. The van der Waals surface area contributed by atoms with Crippen LogP contribution in [0.3, 0.4) is 0 Å². The summed E-state index contributed by atoms with van der Waals surface area (Å²) >= 11 is 0. The third-order valence-electron chi connectivity index (χ3n) is 2.59. The van der Waals surface area contributed by atoms with Gasteiger partial charge in [-0.25, -0.2) is 0 Å². The molecule has 1 unspecified atom stereocenters. The van der Waals surface area contributed by atoms with E-state index in [1.807, 2.05) is 6.07 Å². The average Bonchev–Trinajstić information content (AvgIpc) is 2.87. The lowest BCUT2D eigenvalue weighted by Crippen LogP contribution is -2.05. The molecule has 1 fully saturated rings. The Balaban J connectivity index is 2.21. The van der Waals surface area contributed by atoms with Gasteiger partial charge in [0.1, 0.15) is 5.60 Å². The maximum atomic E-state index is 5.36. The molecule has 1 nitrogen and oxygen atoms in total. The Morgan fingerprint density at radius 2 is 2.00 bits per heavy atom. The summed E-state index contributed by atoms with van der Waals surface area (Å²) in [6, 6.07) is 10.3.